The van der Waals surface area contributed by atoms with Gasteiger partial charge < -0.3 is 9.84 Å². The van der Waals surface area contributed by atoms with Gasteiger partial charge in [-0.15, -0.1) is 0 Å². The van der Waals surface area contributed by atoms with Gasteiger partial charge in [0.2, 0.25) is 0 Å². The zero-order chi connectivity index (χ0) is 14.0. The average Bonchev–Trinajstić information content (AvgIpc) is 2.88. The fraction of sp³-hybridized carbons (Fsp3) is 0.647. The van der Waals surface area contributed by atoms with Crippen molar-refractivity contribution in [1.82, 2.24) is 4.90 Å². The molecule has 1 N–H and O–H groups in total. The lowest BCUT2D eigenvalue weighted by atomic mass is 9.78. The lowest BCUT2D eigenvalue weighted by Crippen LogP contribution is -2.50. The Kier molecular flexibility index (Phi) is 4.11. The van der Waals surface area contributed by atoms with Gasteiger partial charge in [-0.1, -0.05) is 30.3 Å². The van der Waals surface area contributed by atoms with Crippen LogP contribution < -0.4 is 0 Å². The summed E-state index contributed by atoms with van der Waals surface area (Å²) in [6.07, 6.45) is 4.93. The summed E-state index contributed by atoms with van der Waals surface area (Å²) in [5.74, 6) is 0. The molecule has 1 spiro atoms. The van der Waals surface area contributed by atoms with Crippen molar-refractivity contribution in [2.75, 3.05) is 13.7 Å². The monoisotopic (exact) mass is 275 g/mol. The fourth-order valence-electron chi connectivity index (χ4n) is 3.84. The molecule has 2 aliphatic rings. The van der Waals surface area contributed by atoms with Crippen molar-refractivity contribution in [3.8, 4) is 0 Å². The highest BCUT2D eigenvalue weighted by molar-refractivity contribution is 5.14. The third kappa shape index (κ3) is 2.90. The molecular weight excluding hydrogens is 250 g/mol. The molecule has 1 aliphatic carbocycles. The largest absolute Gasteiger partial charge is 0.391 e. The Bertz CT molecular complexity index is 428. The molecule has 1 aromatic rings. The van der Waals surface area contributed by atoms with E-state index < -0.39 is 0 Å². The summed E-state index contributed by atoms with van der Waals surface area (Å²) in [5, 5.41) is 10.5. The van der Waals surface area contributed by atoms with Crippen molar-refractivity contribution < 1.29 is 9.84 Å². The number of nitrogens with zero attached hydrogens (tertiary/aromatic N) is 1. The minimum absolute atomic E-state index is 0.0104. The van der Waals surface area contributed by atoms with E-state index in [1.807, 2.05) is 6.07 Å². The molecule has 0 bridgehead atoms. The Morgan fingerprint density at radius 3 is 2.75 bits per heavy atom. The van der Waals surface area contributed by atoms with E-state index in [-0.39, 0.29) is 17.7 Å². The SMILES string of the molecule is CN(Cc1ccccc1)[C@H]1CC[C@@]2(CCCO2)C[C@@H]1O. The maximum absolute atomic E-state index is 10.5. The van der Waals surface area contributed by atoms with Gasteiger partial charge in [0.1, 0.15) is 0 Å². The summed E-state index contributed by atoms with van der Waals surface area (Å²) in [5.41, 5.74) is 1.29. The van der Waals surface area contributed by atoms with E-state index in [0.717, 1.165) is 45.3 Å². The molecule has 0 unspecified atom stereocenters. The molecule has 0 radical (unpaired) electrons. The van der Waals surface area contributed by atoms with E-state index in [9.17, 15) is 5.11 Å². The molecule has 1 aromatic carbocycles. The van der Waals surface area contributed by atoms with Gasteiger partial charge in [0.05, 0.1) is 11.7 Å². The van der Waals surface area contributed by atoms with E-state index in [2.05, 4.69) is 36.2 Å². The van der Waals surface area contributed by atoms with E-state index in [4.69, 9.17) is 4.74 Å². The van der Waals surface area contributed by atoms with E-state index in [1.54, 1.807) is 0 Å². The normalized spacial score (nSPS) is 34.0. The lowest BCUT2D eigenvalue weighted by molar-refractivity contribution is -0.0917. The zero-order valence-corrected chi connectivity index (χ0v) is 12.3. The van der Waals surface area contributed by atoms with Crippen LogP contribution in [-0.2, 0) is 11.3 Å². The Balaban J connectivity index is 1.60. The Hall–Kier alpha value is -0.900. The quantitative estimate of drug-likeness (QED) is 0.920. The first-order valence-corrected chi connectivity index (χ1v) is 7.75. The van der Waals surface area contributed by atoms with Crippen LogP contribution >= 0.6 is 0 Å². The maximum atomic E-state index is 10.5. The fourth-order valence-corrected chi connectivity index (χ4v) is 3.84. The lowest BCUT2D eigenvalue weighted by Gasteiger charge is -2.43. The van der Waals surface area contributed by atoms with Crippen LogP contribution in [0.1, 0.15) is 37.7 Å². The molecule has 0 amide bonds. The Morgan fingerprint density at radius 1 is 1.30 bits per heavy atom. The second-order valence-corrected chi connectivity index (χ2v) is 6.41. The first kappa shape index (κ1) is 14.1. The first-order chi connectivity index (χ1) is 9.69. The van der Waals surface area contributed by atoms with Crippen LogP contribution in [0.3, 0.4) is 0 Å². The number of hydrogen-bond donors (Lipinski definition) is 1. The van der Waals surface area contributed by atoms with Crippen molar-refractivity contribution >= 4 is 0 Å². The molecule has 3 heteroatoms. The highest BCUT2D eigenvalue weighted by Crippen LogP contribution is 2.40. The molecule has 110 valence electrons. The minimum atomic E-state index is -0.268. The van der Waals surface area contributed by atoms with Gasteiger partial charge in [0.15, 0.2) is 0 Å². The number of rotatable bonds is 3. The molecule has 1 heterocycles. The van der Waals surface area contributed by atoms with Crippen molar-refractivity contribution in [2.45, 2.75) is 56.4 Å². The van der Waals surface area contributed by atoms with Crippen LogP contribution in [0, 0.1) is 0 Å². The smallest absolute Gasteiger partial charge is 0.0722 e. The predicted molar refractivity (Wildman–Crippen MR) is 79.5 cm³/mol. The van der Waals surface area contributed by atoms with Crippen LogP contribution in [0.2, 0.25) is 0 Å². The minimum Gasteiger partial charge on any atom is -0.391 e. The van der Waals surface area contributed by atoms with Gasteiger partial charge in [-0.3, -0.25) is 4.90 Å². The highest BCUT2D eigenvalue weighted by atomic mass is 16.5. The number of likely N-dealkylation sites (N-methyl/N-ethyl adjacent to an activating group) is 1. The first-order valence-electron chi connectivity index (χ1n) is 7.75. The second kappa shape index (κ2) is 5.84. The number of hydrogen-bond acceptors (Lipinski definition) is 3. The van der Waals surface area contributed by atoms with Gasteiger partial charge in [-0.25, -0.2) is 0 Å². The summed E-state index contributed by atoms with van der Waals surface area (Å²) in [6.45, 7) is 1.77. The second-order valence-electron chi connectivity index (χ2n) is 6.41. The van der Waals surface area contributed by atoms with Crippen LogP contribution in [0.15, 0.2) is 30.3 Å². The molecule has 20 heavy (non-hydrogen) atoms. The number of ether oxygens (including phenoxy) is 1. The molecule has 1 aliphatic heterocycles. The van der Waals surface area contributed by atoms with Crippen LogP contribution in [0.25, 0.3) is 0 Å². The average molecular weight is 275 g/mol. The number of aliphatic hydroxyl groups excluding tert-OH is 1. The standard InChI is InChI=1S/C17H25NO2/c1-18(13-14-6-3-2-4-7-14)15-8-10-17(12-16(15)19)9-5-11-20-17/h2-4,6-7,15-16,19H,5,8-13H2,1H3/t15-,16-,17-/m0/s1. The third-order valence-electron chi connectivity index (χ3n) is 4.95. The Morgan fingerprint density at radius 2 is 2.10 bits per heavy atom. The van der Waals surface area contributed by atoms with Gasteiger partial charge in [0, 0.05) is 25.6 Å². The van der Waals surface area contributed by atoms with E-state index in [0.29, 0.717) is 0 Å². The van der Waals surface area contributed by atoms with Crippen molar-refractivity contribution in [3.63, 3.8) is 0 Å². The molecule has 3 rings (SSSR count). The molecular formula is C17H25NO2. The summed E-state index contributed by atoms with van der Waals surface area (Å²) >= 11 is 0. The zero-order valence-electron chi connectivity index (χ0n) is 12.3. The van der Waals surface area contributed by atoms with Crippen molar-refractivity contribution in [3.05, 3.63) is 35.9 Å². The summed E-state index contributed by atoms with van der Waals surface area (Å²) in [6, 6.07) is 10.7. The highest BCUT2D eigenvalue weighted by Gasteiger charge is 2.44. The van der Waals surface area contributed by atoms with Crippen molar-refractivity contribution in [1.29, 1.82) is 0 Å². The number of benzene rings is 1. The van der Waals surface area contributed by atoms with Crippen molar-refractivity contribution in [2.24, 2.45) is 0 Å². The van der Waals surface area contributed by atoms with Crippen LogP contribution in [0.5, 0.6) is 0 Å². The summed E-state index contributed by atoms with van der Waals surface area (Å²) < 4.78 is 5.92. The van der Waals surface area contributed by atoms with E-state index >= 15 is 0 Å². The van der Waals surface area contributed by atoms with Gasteiger partial charge in [-0.05, 0) is 38.3 Å². The molecule has 3 atom stereocenters. The maximum Gasteiger partial charge on any atom is 0.0722 e. The van der Waals surface area contributed by atoms with Gasteiger partial charge >= 0.3 is 0 Å². The molecule has 3 nitrogen and oxygen atoms in total. The third-order valence-corrected chi connectivity index (χ3v) is 4.95. The number of aliphatic hydroxyl groups is 1. The molecule has 1 saturated heterocycles. The Labute approximate surface area is 121 Å². The van der Waals surface area contributed by atoms with Gasteiger partial charge in [0.25, 0.3) is 0 Å². The van der Waals surface area contributed by atoms with Crippen LogP contribution in [0.4, 0.5) is 0 Å². The predicted octanol–water partition coefficient (Wildman–Crippen LogP) is 2.58. The summed E-state index contributed by atoms with van der Waals surface area (Å²) in [4.78, 5) is 2.29. The molecule has 1 saturated carbocycles. The summed E-state index contributed by atoms with van der Waals surface area (Å²) in [7, 11) is 2.12. The van der Waals surface area contributed by atoms with Gasteiger partial charge in [-0.2, -0.15) is 0 Å². The molecule has 0 aromatic heterocycles. The van der Waals surface area contributed by atoms with E-state index in [1.165, 1.54) is 5.56 Å². The topological polar surface area (TPSA) is 32.7 Å². The molecule has 2 fully saturated rings. The van der Waals surface area contributed by atoms with Crippen LogP contribution in [-0.4, -0.2) is 41.4 Å².